The molecular formula is C24H27N3O2. The van der Waals surface area contributed by atoms with Crippen molar-refractivity contribution >= 4 is 28.3 Å². The van der Waals surface area contributed by atoms with Crippen molar-refractivity contribution in [2.45, 2.75) is 20.4 Å². The number of carbonyl (C=O) groups is 2. The van der Waals surface area contributed by atoms with E-state index in [-0.39, 0.29) is 24.9 Å². The molecule has 0 atom stereocenters. The Hall–Kier alpha value is -3.18. The second-order valence-corrected chi connectivity index (χ2v) is 7.43. The van der Waals surface area contributed by atoms with E-state index in [1.54, 1.807) is 0 Å². The summed E-state index contributed by atoms with van der Waals surface area (Å²) in [4.78, 5) is 26.3. The number of carbonyl (C=O) groups excluding carboxylic acids is 2. The van der Waals surface area contributed by atoms with Gasteiger partial charge in [-0.05, 0) is 60.5 Å². The Morgan fingerprint density at radius 3 is 2.45 bits per heavy atom. The first-order valence-electron chi connectivity index (χ1n) is 9.71. The lowest BCUT2D eigenvalue weighted by Gasteiger charge is -2.17. The van der Waals surface area contributed by atoms with Crippen molar-refractivity contribution in [1.82, 2.24) is 10.2 Å². The Balaban J connectivity index is 1.46. The zero-order valence-electron chi connectivity index (χ0n) is 17.2. The SMILES string of the molecule is Cc1cccc(NC(=O)CNC(=O)CN(C)Cc2ccc3ccccc3c2)c1C. The monoisotopic (exact) mass is 389 g/mol. The van der Waals surface area contributed by atoms with Gasteiger partial charge in [-0.25, -0.2) is 0 Å². The molecule has 0 spiro atoms. The number of amides is 2. The molecule has 3 aromatic carbocycles. The number of rotatable bonds is 7. The summed E-state index contributed by atoms with van der Waals surface area (Å²) in [7, 11) is 1.89. The van der Waals surface area contributed by atoms with Crippen LogP contribution in [0, 0.1) is 13.8 Å². The number of benzene rings is 3. The molecule has 0 unspecified atom stereocenters. The lowest BCUT2D eigenvalue weighted by molar-refractivity contribution is -0.124. The molecular weight excluding hydrogens is 362 g/mol. The van der Waals surface area contributed by atoms with Gasteiger partial charge >= 0.3 is 0 Å². The van der Waals surface area contributed by atoms with E-state index in [0.717, 1.165) is 22.4 Å². The predicted molar refractivity (Wildman–Crippen MR) is 118 cm³/mol. The van der Waals surface area contributed by atoms with Gasteiger partial charge in [0.1, 0.15) is 0 Å². The highest BCUT2D eigenvalue weighted by Crippen LogP contribution is 2.18. The number of anilines is 1. The van der Waals surface area contributed by atoms with Crippen LogP contribution < -0.4 is 10.6 Å². The van der Waals surface area contributed by atoms with Crippen molar-refractivity contribution in [2.75, 3.05) is 25.5 Å². The van der Waals surface area contributed by atoms with Crippen LogP contribution in [-0.2, 0) is 16.1 Å². The first-order chi connectivity index (χ1) is 13.9. The molecule has 0 aliphatic heterocycles. The molecule has 0 radical (unpaired) electrons. The van der Waals surface area contributed by atoms with E-state index in [9.17, 15) is 9.59 Å². The van der Waals surface area contributed by atoms with E-state index in [0.29, 0.717) is 6.54 Å². The van der Waals surface area contributed by atoms with Gasteiger partial charge in [0.2, 0.25) is 11.8 Å². The first kappa shape index (κ1) is 20.6. The Bertz CT molecular complexity index is 1030. The van der Waals surface area contributed by atoms with Crippen LogP contribution in [0.5, 0.6) is 0 Å². The minimum absolute atomic E-state index is 0.0456. The average Bonchev–Trinajstić information content (AvgIpc) is 2.70. The summed E-state index contributed by atoms with van der Waals surface area (Å²) in [6.07, 6.45) is 0. The van der Waals surface area contributed by atoms with E-state index < -0.39 is 0 Å². The number of aryl methyl sites for hydroxylation is 1. The van der Waals surface area contributed by atoms with Crippen LogP contribution in [0.25, 0.3) is 10.8 Å². The summed E-state index contributed by atoms with van der Waals surface area (Å²) in [5.74, 6) is -0.409. The maximum atomic E-state index is 12.2. The minimum Gasteiger partial charge on any atom is -0.346 e. The van der Waals surface area contributed by atoms with Gasteiger partial charge in [0.15, 0.2) is 0 Å². The fraction of sp³-hybridized carbons (Fsp3) is 0.250. The Morgan fingerprint density at radius 1 is 0.897 bits per heavy atom. The van der Waals surface area contributed by atoms with Gasteiger partial charge in [0.05, 0.1) is 13.1 Å². The lowest BCUT2D eigenvalue weighted by atomic mass is 10.1. The Morgan fingerprint density at radius 2 is 1.66 bits per heavy atom. The van der Waals surface area contributed by atoms with Gasteiger partial charge in [-0.3, -0.25) is 14.5 Å². The van der Waals surface area contributed by atoms with E-state index in [1.165, 1.54) is 10.8 Å². The molecule has 3 aromatic rings. The molecule has 0 saturated heterocycles. The van der Waals surface area contributed by atoms with E-state index in [2.05, 4.69) is 41.0 Å². The zero-order valence-corrected chi connectivity index (χ0v) is 17.2. The van der Waals surface area contributed by atoms with Crippen LogP contribution >= 0.6 is 0 Å². The molecule has 0 fully saturated rings. The molecule has 0 aliphatic rings. The molecule has 0 aromatic heterocycles. The predicted octanol–water partition coefficient (Wildman–Crippen LogP) is 3.64. The largest absolute Gasteiger partial charge is 0.346 e. The molecule has 150 valence electrons. The highest BCUT2D eigenvalue weighted by atomic mass is 16.2. The van der Waals surface area contributed by atoms with Crippen molar-refractivity contribution in [3.05, 3.63) is 77.4 Å². The van der Waals surface area contributed by atoms with E-state index in [1.807, 2.05) is 56.1 Å². The number of likely N-dealkylation sites (N-methyl/N-ethyl adjacent to an activating group) is 1. The number of nitrogens with zero attached hydrogens (tertiary/aromatic N) is 1. The van der Waals surface area contributed by atoms with Gasteiger partial charge in [-0.2, -0.15) is 0 Å². The van der Waals surface area contributed by atoms with Crippen molar-refractivity contribution < 1.29 is 9.59 Å². The van der Waals surface area contributed by atoms with Crippen molar-refractivity contribution in [2.24, 2.45) is 0 Å². The lowest BCUT2D eigenvalue weighted by Crippen LogP contribution is -2.39. The number of fused-ring (bicyclic) bond motifs is 1. The third-order valence-corrected chi connectivity index (χ3v) is 5.00. The fourth-order valence-electron chi connectivity index (χ4n) is 3.27. The second kappa shape index (κ2) is 9.34. The molecule has 5 heteroatoms. The standard InChI is InChI=1S/C24H27N3O2/c1-17-7-6-10-22(18(17)2)26-23(28)14-25-24(29)16-27(3)15-19-11-12-20-8-4-5-9-21(20)13-19/h4-13H,14-16H2,1-3H3,(H,25,29)(H,26,28). The third kappa shape index (κ3) is 5.65. The molecule has 0 bridgehead atoms. The highest BCUT2D eigenvalue weighted by Gasteiger charge is 2.11. The summed E-state index contributed by atoms with van der Waals surface area (Å²) < 4.78 is 0. The zero-order chi connectivity index (χ0) is 20.8. The number of hydrogen-bond donors (Lipinski definition) is 2. The smallest absolute Gasteiger partial charge is 0.243 e. The summed E-state index contributed by atoms with van der Waals surface area (Å²) in [6.45, 7) is 4.80. The van der Waals surface area contributed by atoms with E-state index in [4.69, 9.17) is 0 Å². The van der Waals surface area contributed by atoms with Crippen molar-refractivity contribution in [1.29, 1.82) is 0 Å². The topological polar surface area (TPSA) is 61.4 Å². The third-order valence-electron chi connectivity index (χ3n) is 5.00. The molecule has 0 saturated carbocycles. The van der Waals surface area contributed by atoms with E-state index >= 15 is 0 Å². The van der Waals surface area contributed by atoms with Gasteiger partial charge in [-0.15, -0.1) is 0 Å². The minimum atomic E-state index is -0.232. The summed E-state index contributed by atoms with van der Waals surface area (Å²) in [5.41, 5.74) is 4.06. The van der Waals surface area contributed by atoms with Crippen LogP contribution in [0.15, 0.2) is 60.7 Å². The fourth-order valence-corrected chi connectivity index (χ4v) is 3.27. The average molecular weight is 389 g/mol. The maximum absolute atomic E-state index is 12.2. The quantitative estimate of drug-likeness (QED) is 0.649. The number of hydrogen-bond acceptors (Lipinski definition) is 3. The molecule has 0 heterocycles. The van der Waals surface area contributed by atoms with Crippen LogP contribution in [0.1, 0.15) is 16.7 Å². The van der Waals surface area contributed by atoms with Crippen LogP contribution in [0.3, 0.4) is 0 Å². The molecule has 3 rings (SSSR count). The molecule has 0 aliphatic carbocycles. The summed E-state index contributed by atoms with van der Waals surface area (Å²) >= 11 is 0. The van der Waals surface area contributed by atoms with Crippen molar-refractivity contribution in [3.8, 4) is 0 Å². The highest BCUT2D eigenvalue weighted by molar-refractivity contribution is 5.95. The van der Waals surface area contributed by atoms with Crippen LogP contribution in [-0.4, -0.2) is 36.9 Å². The molecule has 2 N–H and O–H groups in total. The second-order valence-electron chi connectivity index (χ2n) is 7.43. The van der Waals surface area contributed by atoms with Gasteiger partial charge in [-0.1, -0.05) is 48.5 Å². The van der Waals surface area contributed by atoms with Crippen molar-refractivity contribution in [3.63, 3.8) is 0 Å². The van der Waals surface area contributed by atoms with Gasteiger partial charge < -0.3 is 10.6 Å². The maximum Gasteiger partial charge on any atom is 0.243 e. The Kier molecular flexibility index (Phi) is 6.62. The number of nitrogens with one attached hydrogen (secondary N) is 2. The normalized spacial score (nSPS) is 10.9. The van der Waals surface area contributed by atoms with Gasteiger partial charge in [0.25, 0.3) is 0 Å². The van der Waals surface area contributed by atoms with Crippen LogP contribution in [0.2, 0.25) is 0 Å². The Labute approximate surface area is 171 Å². The first-order valence-corrected chi connectivity index (χ1v) is 9.71. The summed E-state index contributed by atoms with van der Waals surface area (Å²) in [6, 6.07) is 20.3. The molecule has 29 heavy (non-hydrogen) atoms. The summed E-state index contributed by atoms with van der Waals surface area (Å²) in [5, 5.41) is 7.93. The molecule has 5 nitrogen and oxygen atoms in total. The molecule has 2 amide bonds. The van der Waals surface area contributed by atoms with Gasteiger partial charge in [0, 0.05) is 12.2 Å². The van der Waals surface area contributed by atoms with Crippen LogP contribution in [0.4, 0.5) is 5.69 Å².